The quantitative estimate of drug-likeness (QED) is 0.346. The summed E-state index contributed by atoms with van der Waals surface area (Å²) < 4.78 is 3.88. The van der Waals surface area contributed by atoms with Crippen LogP contribution < -0.4 is 20.7 Å². The fraction of sp³-hybridized carbons (Fsp3) is 0.400. The molecule has 1 fully saturated rings. The molecule has 9 heteroatoms. The molecule has 1 amide bonds. The summed E-state index contributed by atoms with van der Waals surface area (Å²) in [5, 5.41) is 3.28. The van der Waals surface area contributed by atoms with Crippen LogP contribution in [0.5, 0.6) is 0 Å². The van der Waals surface area contributed by atoms with Crippen LogP contribution in [0.1, 0.15) is 47.1 Å². The molecule has 3 aromatic heterocycles. The molecule has 1 aromatic carbocycles. The summed E-state index contributed by atoms with van der Waals surface area (Å²) >= 11 is 0. The summed E-state index contributed by atoms with van der Waals surface area (Å²) in [6.45, 7) is 7.62. The molecule has 7 rings (SSSR count). The third kappa shape index (κ3) is 5.09. The number of carbonyl (C=O) groups excluding carboxylic acids is 1. The molecular formula is C35H41N7O2. The van der Waals surface area contributed by atoms with Gasteiger partial charge in [0.1, 0.15) is 17.2 Å². The van der Waals surface area contributed by atoms with Crippen molar-refractivity contribution in [3.63, 3.8) is 0 Å². The standard InChI is InChI=1S/C35H41N7O2/c1-4-27-28(9-7-11-31(27)42-19-18-41-30-10-6-5-8-24(30)21-32(41)35(42)44)25-20-29(34(43)39(3)23-25)37-33-13-12-26(22-36-33)40-16-14-38(2)15-17-40/h7,9,11-13,20-23H,4-6,8,10,14-19H2,1-3H3,(H,36,37). The monoisotopic (exact) mass is 591 g/mol. The van der Waals surface area contributed by atoms with Gasteiger partial charge in [0.25, 0.3) is 11.5 Å². The van der Waals surface area contributed by atoms with Gasteiger partial charge in [-0.25, -0.2) is 4.98 Å². The molecule has 0 atom stereocenters. The van der Waals surface area contributed by atoms with E-state index >= 15 is 0 Å². The first-order valence-corrected chi connectivity index (χ1v) is 15.9. The van der Waals surface area contributed by atoms with E-state index in [0.29, 0.717) is 18.1 Å². The number of amides is 1. The second kappa shape index (κ2) is 11.6. The highest BCUT2D eigenvalue weighted by Crippen LogP contribution is 2.36. The predicted octanol–water partition coefficient (Wildman–Crippen LogP) is 4.85. The molecule has 2 aliphatic heterocycles. The Morgan fingerprint density at radius 3 is 2.50 bits per heavy atom. The van der Waals surface area contributed by atoms with Gasteiger partial charge in [0.05, 0.1) is 11.9 Å². The van der Waals surface area contributed by atoms with Gasteiger partial charge in [-0.2, -0.15) is 0 Å². The van der Waals surface area contributed by atoms with Gasteiger partial charge in [-0.3, -0.25) is 9.59 Å². The normalized spacial score (nSPS) is 17.0. The smallest absolute Gasteiger partial charge is 0.274 e. The van der Waals surface area contributed by atoms with Gasteiger partial charge >= 0.3 is 0 Å². The van der Waals surface area contributed by atoms with Crippen LogP contribution in [-0.2, 0) is 32.9 Å². The van der Waals surface area contributed by atoms with E-state index in [-0.39, 0.29) is 11.5 Å². The lowest BCUT2D eigenvalue weighted by atomic mass is 9.96. The molecule has 0 bridgehead atoms. The lowest BCUT2D eigenvalue weighted by Gasteiger charge is -2.33. The number of aryl methyl sites for hydroxylation is 2. The van der Waals surface area contributed by atoms with Crippen molar-refractivity contribution >= 4 is 28.8 Å². The number of carbonyl (C=O) groups is 1. The number of nitrogens with one attached hydrogen (secondary N) is 1. The average Bonchev–Trinajstić information content (AvgIpc) is 3.43. The molecule has 0 radical (unpaired) electrons. The van der Waals surface area contributed by atoms with Gasteiger partial charge in [-0.05, 0) is 86.2 Å². The summed E-state index contributed by atoms with van der Waals surface area (Å²) in [6.07, 6.45) is 9.05. The minimum atomic E-state index is -0.121. The van der Waals surface area contributed by atoms with Crippen molar-refractivity contribution in [1.29, 1.82) is 0 Å². The van der Waals surface area contributed by atoms with Crippen LogP contribution in [0.25, 0.3) is 11.1 Å². The van der Waals surface area contributed by atoms with E-state index in [1.165, 1.54) is 24.1 Å². The molecule has 44 heavy (non-hydrogen) atoms. The van der Waals surface area contributed by atoms with E-state index in [2.05, 4.69) is 62.9 Å². The first-order chi connectivity index (χ1) is 21.4. The minimum Gasteiger partial charge on any atom is -0.368 e. The van der Waals surface area contributed by atoms with E-state index in [1.54, 1.807) is 11.6 Å². The fourth-order valence-electron chi connectivity index (χ4n) is 7.13. The molecule has 1 aliphatic carbocycles. The molecule has 1 N–H and O–H groups in total. The highest BCUT2D eigenvalue weighted by atomic mass is 16.2. The second-order valence-electron chi connectivity index (χ2n) is 12.3. The number of likely N-dealkylation sites (N-methyl/N-ethyl adjacent to an activating group) is 1. The fourth-order valence-corrected chi connectivity index (χ4v) is 7.13. The van der Waals surface area contributed by atoms with Gasteiger partial charge in [0.2, 0.25) is 0 Å². The van der Waals surface area contributed by atoms with Gasteiger partial charge in [-0.1, -0.05) is 19.1 Å². The number of hydrogen-bond acceptors (Lipinski definition) is 6. The molecule has 1 saturated heterocycles. The Morgan fingerprint density at radius 1 is 0.909 bits per heavy atom. The molecule has 228 valence electrons. The van der Waals surface area contributed by atoms with Crippen LogP contribution >= 0.6 is 0 Å². The van der Waals surface area contributed by atoms with Crippen LogP contribution in [0.15, 0.2) is 59.7 Å². The minimum absolute atomic E-state index is 0.0754. The zero-order valence-corrected chi connectivity index (χ0v) is 26.0. The summed E-state index contributed by atoms with van der Waals surface area (Å²) in [4.78, 5) is 38.4. The number of nitrogens with zero attached hydrogens (tertiary/aromatic N) is 6. The zero-order chi connectivity index (χ0) is 30.4. The van der Waals surface area contributed by atoms with Crippen LogP contribution in [0.3, 0.4) is 0 Å². The number of fused-ring (bicyclic) bond motifs is 3. The Hall–Kier alpha value is -4.37. The van der Waals surface area contributed by atoms with Gasteiger partial charge in [0.15, 0.2) is 0 Å². The summed E-state index contributed by atoms with van der Waals surface area (Å²) in [7, 11) is 3.93. The maximum Gasteiger partial charge on any atom is 0.274 e. The van der Waals surface area contributed by atoms with Crippen LogP contribution in [-0.4, -0.2) is 64.7 Å². The van der Waals surface area contributed by atoms with Crippen molar-refractivity contribution in [2.24, 2.45) is 7.05 Å². The topological polar surface area (TPSA) is 78.6 Å². The molecule has 0 unspecified atom stereocenters. The average molecular weight is 592 g/mol. The first-order valence-electron chi connectivity index (χ1n) is 15.9. The van der Waals surface area contributed by atoms with Crippen LogP contribution in [0.4, 0.5) is 22.9 Å². The van der Waals surface area contributed by atoms with Crippen molar-refractivity contribution < 1.29 is 4.79 Å². The van der Waals surface area contributed by atoms with E-state index in [0.717, 1.165) is 85.7 Å². The summed E-state index contributed by atoms with van der Waals surface area (Å²) in [5.41, 5.74) is 8.95. The van der Waals surface area contributed by atoms with Crippen molar-refractivity contribution in [3.05, 3.63) is 87.7 Å². The van der Waals surface area contributed by atoms with Crippen molar-refractivity contribution in [2.45, 2.75) is 45.6 Å². The maximum atomic E-state index is 13.9. The molecule has 5 heterocycles. The first kappa shape index (κ1) is 28.4. The highest BCUT2D eigenvalue weighted by molar-refractivity contribution is 6.07. The number of piperazine rings is 1. The van der Waals surface area contributed by atoms with Gasteiger partial charge < -0.3 is 29.2 Å². The SMILES string of the molecule is CCc1c(-c2cc(Nc3ccc(N4CCN(C)CC4)cn3)c(=O)n(C)c2)cccc1N1CCn2c(cc3c2CCCC3)C1=O. The Labute approximate surface area is 258 Å². The number of rotatable bonds is 6. The lowest BCUT2D eigenvalue weighted by molar-refractivity contribution is 0.0964. The second-order valence-corrected chi connectivity index (χ2v) is 12.3. The van der Waals surface area contributed by atoms with Crippen LogP contribution in [0, 0.1) is 0 Å². The molecule has 0 spiro atoms. The van der Waals surface area contributed by atoms with E-state index in [4.69, 9.17) is 0 Å². The van der Waals surface area contributed by atoms with Gasteiger partial charge in [-0.15, -0.1) is 0 Å². The van der Waals surface area contributed by atoms with Gasteiger partial charge in [0, 0.05) is 69.5 Å². The predicted molar refractivity (Wildman–Crippen MR) is 176 cm³/mol. The Balaban J connectivity index is 1.18. The van der Waals surface area contributed by atoms with E-state index in [9.17, 15) is 9.59 Å². The largest absolute Gasteiger partial charge is 0.368 e. The number of anilines is 4. The van der Waals surface area contributed by atoms with Crippen molar-refractivity contribution in [3.8, 4) is 11.1 Å². The third-order valence-electron chi connectivity index (χ3n) is 9.59. The molecule has 3 aliphatic rings. The Kier molecular flexibility index (Phi) is 7.50. The summed E-state index contributed by atoms with van der Waals surface area (Å²) in [6, 6.07) is 14.2. The molecular weight excluding hydrogens is 550 g/mol. The molecule has 4 aromatic rings. The van der Waals surface area contributed by atoms with Crippen LogP contribution in [0.2, 0.25) is 0 Å². The number of pyridine rings is 2. The zero-order valence-electron chi connectivity index (χ0n) is 26.0. The Morgan fingerprint density at radius 2 is 1.73 bits per heavy atom. The maximum absolute atomic E-state index is 13.9. The van der Waals surface area contributed by atoms with Crippen molar-refractivity contribution in [2.75, 3.05) is 54.9 Å². The number of aromatic nitrogens is 3. The Bertz CT molecular complexity index is 1760. The third-order valence-corrected chi connectivity index (χ3v) is 9.59. The number of hydrogen-bond donors (Lipinski definition) is 1. The lowest BCUT2D eigenvalue weighted by Crippen LogP contribution is -2.44. The molecule has 9 nitrogen and oxygen atoms in total. The highest BCUT2D eigenvalue weighted by Gasteiger charge is 2.31. The van der Waals surface area contributed by atoms with E-state index in [1.807, 2.05) is 35.5 Å². The summed E-state index contributed by atoms with van der Waals surface area (Å²) in [5.74, 6) is 0.706. The van der Waals surface area contributed by atoms with E-state index < -0.39 is 0 Å². The number of benzene rings is 1. The van der Waals surface area contributed by atoms with Crippen molar-refractivity contribution in [1.82, 2.24) is 19.0 Å². The molecule has 0 saturated carbocycles.